The molecule has 3 atom stereocenters. The number of nitriles is 1. The van der Waals surface area contributed by atoms with Crippen LogP contribution in [0.25, 0.3) is 10.9 Å². The Morgan fingerprint density at radius 1 is 1.42 bits per heavy atom. The van der Waals surface area contributed by atoms with Crippen molar-refractivity contribution in [1.29, 1.82) is 5.26 Å². The molecule has 0 spiro atoms. The SMILES string of the molecule is CCS(=O)C1CCCC(Nc2cc(C#N)c3cc([N+](=O)[O-])ccc3n2)C1. The van der Waals surface area contributed by atoms with E-state index in [9.17, 15) is 19.6 Å². The zero-order valence-corrected chi connectivity index (χ0v) is 15.3. The number of nitro benzene ring substituents is 1. The summed E-state index contributed by atoms with van der Waals surface area (Å²) >= 11 is 0. The van der Waals surface area contributed by atoms with Gasteiger partial charge in [-0.3, -0.25) is 14.3 Å². The van der Waals surface area contributed by atoms with Crippen LogP contribution in [0.5, 0.6) is 0 Å². The number of nitrogens with one attached hydrogen (secondary N) is 1. The average molecular weight is 372 g/mol. The van der Waals surface area contributed by atoms with Crippen molar-refractivity contribution in [3.63, 3.8) is 0 Å². The lowest BCUT2D eigenvalue weighted by atomic mass is 9.95. The molecular formula is C18H20N4O3S. The van der Waals surface area contributed by atoms with Crippen LogP contribution in [0.3, 0.4) is 0 Å². The van der Waals surface area contributed by atoms with Crippen LogP contribution in [0.2, 0.25) is 0 Å². The number of nitrogens with zero attached hydrogens (tertiary/aromatic N) is 3. The van der Waals surface area contributed by atoms with Crippen molar-refractivity contribution in [2.24, 2.45) is 0 Å². The van der Waals surface area contributed by atoms with Gasteiger partial charge >= 0.3 is 0 Å². The summed E-state index contributed by atoms with van der Waals surface area (Å²) in [5.74, 6) is 1.25. The Bertz CT molecular complexity index is 909. The quantitative estimate of drug-likeness (QED) is 0.635. The van der Waals surface area contributed by atoms with E-state index in [0.717, 1.165) is 25.7 Å². The molecule has 2 aromatic rings. The van der Waals surface area contributed by atoms with Gasteiger partial charge in [0.2, 0.25) is 0 Å². The van der Waals surface area contributed by atoms with Gasteiger partial charge in [-0.05, 0) is 31.4 Å². The summed E-state index contributed by atoms with van der Waals surface area (Å²) in [4.78, 5) is 15.0. The smallest absolute Gasteiger partial charge is 0.270 e. The van der Waals surface area contributed by atoms with Crippen molar-refractivity contribution in [2.45, 2.75) is 43.9 Å². The molecule has 0 radical (unpaired) electrons. The van der Waals surface area contributed by atoms with Crippen LogP contribution in [0, 0.1) is 21.4 Å². The minimum absolute atomic E-state index is 0.0614. The van der Waals surface area contributed by atoms with E-state index in [0.29, 0.717) is 28.0 Å². The molecule has 26 heavy (non-hydrogen) atoms. The summed E-state index contributed by atoms with van der Waals surface area (Å²) < 4.78 is 12.1. The highest BCUT2D eigenvalue weighted by atomic mass is 32.2. The first-order chi connectivity index (χ1) is 12.5. The highest BCUT2D eigenvalue weighted by Crippen LogP contribution is 2.28. The summed E-state index contributed by atoms with van der Waals surface area (Å²) in [6.07, 6.45) is 3.79. The number of anilines is 1. The van der Waals surface area contributed by atoms with Gasteiger partial charge in [0.25, 0.3) is 5.69 Å². The third kappa shape index (κ3) is 3.83. The number of rotatable bonds is 5. The molecule has 0 saturated heterocycles. The van der Waals surface area contributed by atoms with Crippen molar-refractivity contribution in [2.75, 3.05) is 11.1 Å². The van der Waals surface area contributed by atoms with Gasteiger partial charge in [0.1, 0.15) is 5.82 Å². The second-order valence-corrected chi connectivity index (χ2v) is 8.43. The van der Waals surface area contributed by atoms with Gasteiger partial charge in [-0.25, -0.2) is 4.98 Å². The van der Waals surface area contributed by atoms with Crippen LogP contribution in [0.4, 0.5) is 11.5 Å². The Hall–Kier alpha value is -2.53. The molecule has 0 amide bonds. The van der Waals surface area contributed by atoms with Crippen molar-refractivity contribution >= 4 is 33.2 Å². The van der Waals surface area contributed by atoms with E-state index in [4.69, 9.17) is 0 Å². The number of hydrogen-bond donors (Lipinski definition) is 1. The molecule has 1 aromatic carbocycles. The minimum atomic E-state index is -0.804. The normalized spacial score (nSPS) is 21.1. The Morgan fingerprint density at radius 2 is 2.23 bits per heavy atom. The molecule has 8 heteroatoms. The molecule has 0 bridgehead atoms. The first-order valence-electron chi connectivity index (χ1n) is 8.64. The zero-order valence-electron chi connectivity index (χ0n) is 14.5. The Labute approximate surface area is 154 Å². The van der Waals surface area contributed by atoms with Gasteiger partial charge < -0.3 is 5.32 Å². The second kappa shape index (κ2) is 7.79. The molecule has 1 aromatic heterocycles. The maximum Gasteiger partial charge on any atom is 0.270 e. The number of pyridine rings is 1. The molecule has 3 rings (SSSR count). The molecule has 0 aliphatic heterocycles. The molecule has 1 aliphatic rings. The molecule has 1 N–H and O–H groups in total. The fraction of sp³-hybridized carbons (Fsp3) is 0.444. The van der Waals surface area contributed by atoms with E-state index in [1.54, 1.807) is 12.1 Å². The van der Waals surface area contributed by atoms with Crippen molar-refractivity contribution in [1.82, 2.24) is 4.98 Å². The molecule has 3 unspecified atom stereocenters. The fourth-order valence-electron chi connectivity index (χ4n) is 3.45. The zero-order chi connectivity index (χ0) is 18.7. The maximum absolute atomic E-state index is 12.1. The minimum Gasteiger partial charge on any atom is -0.367 e. The number of aromatic nitrogens is 1. The molecule has 7 nitrogen and oxygen atoms in total. The average Bonchev–Trinajstić information content (AvgIpc) is 2.66. The second-order valence-electron chi connectivity index (χ2n) is 6.42. The first kappa shape index (κ1) is 18.3. The van der Waals surface area contributed by atoms with Gasteiger partial charge in [-0.1, -0.05) is 13.3 Å². The number of fused-ring (bicyclic) bond motifs is 1. The summed E-state index contributed by atoms with van der Waals surface area (Å²) in [5, 5.41) is 24.4. The summed E-state index contributed by atoms with van der Waals surface area (Å²) in [5.41, 5.74) is 0.834. The lowest BCUT2D eigenvalue weighted by Gasteiger charge is -2.29. The Kier molecular flexibility index (Phi) is 5.47. The largest absolute Gasteiger partial charge is 0.367 e. The van der Waals surface area contributed by atoms with Crippen LogP contribution < -0.4 is 5.32 Å². The van der Waals surface area contributed by atoms with Crippen LogP contribution in [-0.2, 0) is 10.8 Å². The van der Waals surface area contributed by atoms with Gasteiger partial charge in [0, 0.05) is 45.4 Å². The third-order valence-corrected chi connectivity index (χ3v) is 6.50. The van der Waals surface area contributed by atoms with Gasteiger partial charge in [-0.15, -0.1) is 0 Å². The lowest BCUT2D eigenvalue weighted by Crippen LogP contribution is -2.33. The first-order valence-corrected chi connectivity index (χ1v) is 10.0. The number of non-ortho nitro benzene ring substituents is 1. The van der Waals surface area contributed by atoms with E-state index < -0.39 is 15.7 Å². The van der Waals surface area contributed by atoms with Crippen LogP contribution in [0.1, 0.15) is 38.2 Å². The predicted molar refractivity (Wildman–Crippen MR) is 101 cm³/mol. The van der Waals surface area contributed by atoms with Gasteiger partial charge in [0.15, 0.2) is 0 Å². The fourth-order valence-corrected chi connectivity index (χ4v) is 4.80. The molecule has 1 heterocycles. The van der Waals surface area contributed by atoms with E-state index in [1.165, 1.54) is 12.1 Å². The molecule has 1 fully saturated rings. The predicted octanol–water partition coefficient (Wildman–Crippen LogP) is 3.51. The number of hydrogen-bond acceptors (Lipinski definition) is 6. The van der Waals surface area contributed by atoms with E-state index >= 15 is 0 Å². The van der Waals surface area contributed by atoms with Crippen LogP contribution in [0.15, 0.2) is 24.3 Å². The highest BCUT2D eigenvalue weighted by molar-refractivity contribution is 7.85. The van der Waals surface area contributed by atoms with Crippen LogP contribution >= 0.6 is 0 Å². The number of nitro groups is 1. The topological polar surface area (TPSA) is 109 Å². The van der Waals surface area contributed by atoms with Gasteiger partial charge in [0.05, 0.1) is 22.1 Å². The molecule has 136 valence electrons. The van der Waals surface area contributed by atoms with E-state index in [1.807, 2.05) is 6.92 Å². The third-order valence-electron chi connectivity index (χ3n) is 4.76. The van der Waals surface area contributed by atoms with Crippen molar-refractivity contribution in [3.8, 4) is 6.07 Å². The van der Waals surface area contributed by atoms with Crippen LogP contribution in [-0.4, -0.2) is 31.2 Å². The molecular weight excluding hydrogens is 352 g/mol. The monoisotopic (exact) mass is 372 g/mol. The Morgan fingerprint density at radius 3 is 2.92 bits per heavy atom. The van der Waals surface area contributed by atoms with Crippen molar-refractivity contribution < 1.29 is 9.13 Å². The lowest BCUT2D eigenvalue weighted by molar-refractivity contribution is -0.384. The van der Waals surface area contributed by atoms with E-state index in [2.05, 4.69) is 16.4 Å². The maximum atomic E-state index is 12.1. The Balaban J connectivity index is 1.87. The molecule has 1 aliphatic carbocycles. The molecule has 1 saturated carbocycles. The number of benzene rings is 1. The standard InChI is InChI=1S/C18H20N4O3S/c1-2-26(25)15-5-3-4-13(9-15)20-18-8-12(11-19)16-10-14(22(23)24)6-7-17(16)21-18/h6-8,10,13,15H,2-5,9H2,1H3,(H,20,21). The summed E-state index contributed by atoms with van der Waals surface area (Å²) in [7, 11) is -0.804. The summed E-state index contributed by atoms with van der Waals surface area (Å²) in [6.45, 7) is 1.94. The van der Waals surface area contributed by atoms with Gasteiger partial charge in [-0.2, -0.15) is 5.26 Å². The summed E-state index contributed by atoms with van der Waals surface area (Å²) in [6, 6.07) is 8.23. The highest BCUT2D eigenvalue weighted by Gasteiger charge is 2.26. The van der Waals surface area contributed by atoms with Crippen molar-refractivity contribution in [3.05, 3.63) is 39.9 Å². The van der Waals surface area contributed by atoms with E-state index in [-0.39, 0.29) is 17.0 Å².